The molecular weight excluding hydrogens is 286 g/mol. The largest absolute Gasteiger partial charge is 0.336 e. The fourth-order valence-electron chi connectivity index (χ4n) is 1.93. The van der Waals surface area contributed by atoms with E-state index in [0.717, 1.165) is 15.2 Å². The molecule has 0 saturated heterocycles. The zero-order valence-electron chi connectivity index (χ0n) is 13.0. The van der Waals surface area contributed by atoms with E-state index < -0.39 is 25.1 Å². The van der Waals surface area contributed by atoms with Crippen LogP contribution >= 0.6 is 0 Å². The van der Waals surface area contributed by atoms with E-state index in [9.17, 15) is 14.4 Å². The van der Waals surface area contributed by atoms with Crippen molar-refractivity contribution in [1.82, 2.24) is 13.7 Å². The Hall–Kier alpha value is -1.89. The fraction of sp³-hybridized carbons (Fsp3) is 0.500. The summed E-state index contributed by atoms with van der Waals surface area (Å²) in [5, 5.41) is 0. The highest BCUT2D eigenvalue weighted by Gasteiger charge is 2.23. The summed E-state index contributed by atoms with van der Waals surface area (Å²) in [6.45, 7) is 13.5. The molecule has 0 radical (unpaired) electrons. The Bertz CT molecular complexity index is 661. The first-order valence-corrected chi connectivity index (χ1v) is 10.4. The van der Waals surface area contributed by atoms with Crippen LogP contribution in [0, 0.1) is 0 Å². The zero-order chi connectivity index (χ0) is 16.2. The monoisotopic (exact) mass is 309 g/mol. The first kappa shape index (κ1) is 17.2. The summed E-state index contributed by atoms with van der Waals surface area (Å²) in [7, 11) is -1.71. The second-order valence-electron chi connectivity index (χ2n) is 5.75. The molecule has 0 fully saturated rings. The van der Waals surface area contributed by atoms with E-state index in [1.165, 1.54) is 16.7 Å². The van der Waals surface area contributed by atoms with Gasteiger partial charge in [-0.2, -0.15) is 0 Å². The van der Waals surface area contributed by atoms with E-state index >= 15 is 0 Å². The van der Waals surface area contributed by atoms with E-state index in [1.54, 1.807) is 0 Å². The molecule has 0 aliphatic carbocycles. The SMILES string of the molecule is C=CCn1c(=O)n(CC=C)c(=O)n(C[Si](C)(C)CC)c1=O. The first-order valence-electron chi connectivity index (χ1n) is 6.95. The molecule has 0 saturated carbocycles. The fourth-order valence-corrected chi connectivity index (χ4v) is 3.28. The number of allylic oxidation sites excluding steroid dienone is 2. The topological polar surface area (TPSA) is 66.0 Å². The minimum atomic E-state index is -1.71. The van der Waals surface area contributed by atoms with Gasteiger partial charge in [-0.05, 0) is 0 Å². The Balaban J connectivity index is 3.67. The molecule has 0 bridgehead atoms. The van der Waals surface area contributed by atoms with Crippen LogP contribution in [-0.4, -0.2) is 21.8 Å². The third-order valence-electron chi connectivity index (χ3n) is 3.55. The molecule has 21 heavy (non-hydrogen) atoms. The van der Waals surface area contributed by atoms with E-state index in [0.29, 0.717) is 6.17 Å². The van der Waals surface area contributed by atoms with Gasteiger partial charge in [0, 0.05) is 6.17 Å². The maximum Gasteiger partial charge on any atom is 0.336 e. The van der Waals surface area contributed by atoms with Crippen molar-refractivity contribution in [3.8, 4) is 0 Å². The van der Waals surface area contributed by atoms with Crippen molar-refractivity contribution in [2.24, 2.45) is 0 Å². The molecular formula is C14H23N3O3Si. The lowest BCUT2D eigenvalue weighted by molar-refractivity contribution is 0.507. The van der Waals surface area contributed by atoms with Crippen LogP contribution in [0.15, 0.2) is 39.7 Å². The molecule has 1 heterocycles. The number of rotatable bonds is 7. The summed E-state index contributed by atoms with van der Waals surface area (Å²) in [4.78, 5) is 37.0. The van der Waals surface area contributed by atoms with Gasteiger partial charge in [-0.15, -0.1) is 13.2 Å². The van der Waals surface area contributed by atoms with Gasteiger partial charge in [0.1, 0.15) is 0 Å². The third-order valence-corrected chi connectivity index (χ3v) is 6.64. The lowest BCUT2D eigenvalue weighted by Crippen LogP contribution is -2.56. The highest BCUT2D eigenvalue weighted by Crippen LogP contribution is 2.08. The minimum Gasteiger partial charge on any atom is -0.248 e. The van der Waals surface area contributed by atoms with Gasteiger partial charge < -0.3 is 0 Å². The lowest BCUT2D eigenvalue weighted by atomic mass is 10.5. The first-order chi connectivity index (χ1) is 9.79. The van der Waals surface area contributed by atoms with Gasteiger partial charge in [0.2, 0.25) is 0 Å². The van der Waals surface area contributed by atoms with Gasteiger partial charge in [0.15, 0.2) is 0 Å². The van der Waals surface area contributed by atoms with Crippen LogP contribution in [0.25, 0.3) is 0 Å². The number of nitrogens with zero attached hydrogens (tertiary/aromatic N) is 3. The average molecular weight is 309 g/mol. The third kappa shape index (κ3) is 3.60. The molecule has 0 aromatic carbocycles. The highest BCUT2D eigenvalue weighted by molar-refractivity contribution is 6.76. The summed E-state index contributed by atoms with van der Waals surface area (Å²) in [6, 6.07) is 0.945. The molecule has 0 spiro atoms. The quantitative estimate of drug-likeness (QED) is 0.553. The van der Waals surface area contributed by atoms with Gasteiger partial charge >= 0.3 is 17.1 Å². The Kier molecular flexibility index (Phi) is 5.48. The Morgan fingerprint density at radius 3 is 1.62 bits per heavy atom. The molecule has 0 N–H and O–H groups in total. The number of hydrogen-bond donors (Lipinski definition) is 0. The molecule has 0 atom stereocenters. The van der Waals surface area contributed by atoms with Crippen LogP contribution in [0.5, 0.6) is 0 Å². The standard InChI is InChI=1S/C14H23N3O3Si/c1-6-9-15-12(18)16(10-7-2)14(20)17(13(15)19)11-21(4,5)8-3/h6-7H,1-2,8-11H2,3-5H3. The van der Waals surface area contributed by atoms with Crippen LogP contribution in [0.2, 0.25) is 19.1 Å². The van der Waals surface area contributed by atoms with Crippen molar-refractivity contribution < 1.29 is 0 Å². The molecule has 116 valence electrons. The van der Waals surface area contributed by atoms with Crippen LogP contribution < -0.4 is 17.1 Å². The molecule has 1 aromatic heterocycles. The predicted octanol–water partition coefficient (Wildman–Crippen LogP) is 0.811. The van der Waals surface area contributed by atoms with E-state index in [-0.39, 0.29) is 13.1 Å². The van der Waals surface area contributed by atoms with Crippen molar-refractivity contribution in [1.29, 1.82) is 0 Å². The van der Waals surface area contributed by atoms with Crippen molar-refractivity contribution in [2.75, 3.05) is 0 Å². The predicted molar refractivity (Wildman–Crippen MR) is 87.6 cm³/mol. The zero-order valence-corrected chi connectivity index (χ0v) is 14.0. The molecule has 0 aliphatic heterocycles. The number of hydrogen-bond acceptors (Lipinski definition) is 3. The second kappa shape index (κ2) is 6.71. The summed E-state index contributed by atoms with van der Waals surface area (Å²) in [5.41, 5.74) is -1.73. The van der Waals surface area contributed by atoms with Gasteiger partial charge in [0.05, 0.1) is 21.2 Å². The maximum atomic E-state index is 12.4. The summed E-state index contributed by atoms with van der Waals surface area (Å²) >= 11 is 0. The molecule has 0 unspecified atom stereocenters. The molecule has 1 rings (SSSR count). The van der Waals surface area contributed by atoms with Gasteiger partial charge in [-0.3, -0.25) is 0 Å². The summed E-state index contributed by atoms with van der Waals surface area (Å²) < 4.78 is 3.26. The smallest absolute Gasteiger partial charge is 0.248 e. The normalized spacial score (nSPS) is 11.4. The molecule has 7 heteroatoms. The molecule has 0 aliphatic rings. The average Bonchev–Trinajstić information content (AvgIpc) is 2.44. The van der Waals surface area contributed by atoms with Gasteiger partial charge in [-0.1, -0.05) is 38.2 Å². The van der Waals surface area contributed by atoms with Crippen LogP contribution in [-0.2, 0) is 19.3 Å². The van der Waals surface area contributed by atoms with Crippen molar-refractivity contribution in [2.45, 2.75) is 45.3 Å². The Labute approximate surface area is 124 Å². The maximum absolute atomic E-state index is 12.4. The lowest BCUT2D eigenvalue weighted by Gasteiger charge is -2.21. The highest BCUT2D eigenvalue weighted by atomic mass is 28.3. The second-order valence-corrected chi connectivity index (χ2v) is 11.1. The van der Waals surface area contributed by atoms with Crippen molar-refractivity contribution in [3.05, 3.63) is 56.8 Å². The number of aromatic nitrogens is 3. The van der Waals surface area contributed by atoms with Crippen molar-refractivity contribution in [3.63, 3.8) is 0 Å². The molecule has 1 aromatic rings. The van der Waals surface area contributed by atoms with Crippen LogP contribution in [0.4, 0.5) is 0 Å². The Morgan fingerprint density at radius 2 is 1.29 bits per heavy atom. The summed E-state index contributed by atoms with van der Waals surface area (Å²) in [6.07, 6.45) is 3.34. The minimum absolute atomic E-state index is 0.0865. The van der Waals surface area contributed by atoms with E-state index in [2.05, 4.69) is 33.2 Å². The molecule has 6 nitrogen and oxygen atoms in total. The van der Waals surface area contributed by atoms with Crippen molar-refractivity contribution >= 4 is 8.07 Å². The van der Waals surface area contributed by atoms with E-state index in [4.69, 9.17) is 0 Å². The van der Waals surface area contributed by atoms with E-state index in [1.807, 2.05) is 0 Å². The molecule has 0 amide bonds. The van der Waals surface area contributed by atoms with Gasteiger partial charge in [0.25, 0.3) is 0 Å². The van der Waals surface area contributed by atoms with Crippen LogP contribution in [0.3, 0.4) is 0 Å². The van der Waals surface area contributed by atoms with Gasteiger partial charge in [-0.25, -0.2) is 28.1 Å². The van der Waals surface area contributed by atoms with Crippen LogP contribution in [0.1, 0.15) is 6.92 Å². The summed E-state index contributed by atoms with van der Waals surface area (Å²) in [5.74, 6) is 0. The Morgan fingerprint density at radius 1 is 0.905 bits per heavy atom.